The lowest BCUT2D eigenvalue weighted by molar-refractivity contribution is -0.141. The van der Waals surface area contributed by atoms with E-state index in [2.05, 4.69) is 5.32 Å². The van der Waals surface area contributed by atoms with E-state index in [9.17, 15) is 14.0 Å². The van der Waals surface area contributed by atoms with Crippen LogP contribution in [0.2, 0.25) is 10.0 Å². The third-order valence-corrected chi connectivity index (χ3v) is 5.73. The molecule has 2 rings (SSSR count). The van der Waals surface area contributed by atoms with Gasteiger partial charge in [0, 0.05) is 12.6 Å². The quantitative estimate of drug-likeness (QED) is 0.553. The van der Waals surface area contributed by atoms with Crippen molar-refractivity contribution in [1.82, 2.24) is 10.2 Å². The molecule has 0 heterocycles. The van der Waals surface area contributed by atoms with Gasteiger partial charge < -0.3 is 10.2 Å². The molecular weight excluding hydrogens is 426 g/mol. The average molecular weight is 453 g/mol. The number of benzene rings is 2. The molecule has 0 saturated heterocycles. The van der Waals surface area contributed by atoms with Crippen LogP contribution in [0.1, 0.15) is 44.7 Å². The summed E-state index contributed by atoms with van der Waals surface area (Å²) in [5.41, 5.74) is 1.45. The second-order valence-electron chi connectivity index (χ2n) is 7.32. The third kappa shape index (κ3) is 6.71. The number of halogens is 3. The van der Waals surface area contributed by atoms with E-state index in [1.165, 1.54) is 12.1 Å². The van der Waals surface area contributed by atoms with Crippen molar-refractivity contribution in [3.63, 3.8) is 0 Å². The summed E-state index contributed by atoms with van der Waals surface area (Å²) in [6, 6.07) is 10.3. The Hall–Kier alpha value is -2.11. The molecule has 162 valence electrons. The molecule has 0 aromatic heterocycles. The highest BCUT2D eigenvalue weighted by atomic mass is 35.5. The Morgan fingerprint density at radius 1 is 1.00 bits per heavy atom. The molecule has 0 spiro atoms. The molecule has 0 fully saturated rings. The molecule has 0 radical (unpaired) electrons. The van der Waals surface area contributed by atoms with Gasteiger partial charge in [-0.15, -0.1) is 0 Å². The lowest BCUT2D eigenvalue weighted by Gasteiger charge is -2.31. The third-order valence-electron chi connectivity index (χ3n) is 4.99. The number of hydrogen-bond acceptors (Lipinski definition) is 2. The molecule has 0 aliphatic rings. The summed E-state index contributed by atoms with van der Waals surface area (Å²) in [6.45, 7) is 5.97. The molecule has 0 unspecified atom stereocenters. The molecule has 0 saturated carbocycles. The van der Waals surface area contributed by atoms with Crippen molar-refractivity contribution in [2.75, 3.05) is 0 Å². The Bertz CT molecular complexity index is 874. The van der Waals surface area contributed by atoms with Gasteiger partial charge in [-0.3, -0.25) is 9.59 Å². The summed E-state index contributed by atoms with van der Waals surface area (Å²) in [7, 11) is 0. The average Bonchev–Trinajstić information content (AvgIpc) is 2.71. The smallest absolute Gasteiger partial charge is 0.243 e. The molecule has 30 heavy (non-hydrogen) atoms. The van der Waals surface area contributed by atoms with Crippen molar-refractivity contribution in [3.8, 4) is 0 Å². The van der Waals surface area contributed by atoms with E-state index in [0.29, 0.717) is 22.0 Å². The Balaban J connectivity index is 2.30. The predicted molar refractivity (Wildman–Crippen MR) is 119 cm³/mol. The van der Waals surface area contributed by atoms with Crippen LogP contribution < -0.4 is 5.32 Å². The first kappa shape index (κ1) is 24.2. The Morgan fingerprint density at radius 2 is 1.63 bits per heavy atom. The Kier molecular flexibility index (Phi) is 9.12. The zero-order chi connectivity index (χ0) is 22.3. The van der Waals surface area contributed by atoms with Gasteiger partial charge in [-0.05, 0) is 55.2 Å². The predicted octanol–water partition coefficient (Wildman–Crippen LogP) is 5.40. The van der Waals surface area contributed by atoms with Crippen LogP contribution in [-0.4, -0.2) is 28.8 Å². The summed E-state index contributed by atoms with van der Waals surface area (Å²) in [6.07, 6.45) is 1.32. The number of carbonyl (C=O) groups excluding carboxylic acids is 2. The van der Waals surface area contributed by atoms with Crippen LogP contribution in [-0.2, 0) is 22.6 Å². The SMILES string of the molecule is CC[C@H](C)NC(=O)[C@H](CC)N(Cc1ccc(F)cc1)C(=O)Cc1ccc(Cl)c(Cl)c1. The first-order valence-electron chi connectivity index (χ1n) is 10.0. The highest BCUT2D eigenvalue weighted by Crippen LogP contribution is 2.23. The normalized spacial score (nSPS) is 12.9. The summed E-state index contributed by atoms with van der Waals surface area (Å²) >= 11 is 12.0. The first-order valence-corrected chi connectivity index (χ1v) is 10.8. The Morgan fingerprint density at radius 3 is 2.20 bits per heavy atom. The van der Waals surface area contributed by atoms with E-state index in [4.69, 9.17) is 23.2 Å². The van der Waals surface area contributed by atoms with E-state index in [0.717, 1.165) is 12.0 Å². The van der Waals surface area contributed by atoms with Crippen molar-refractivity contribution < 1.29 is 14.0 Å². The van der Waals surface area contributed by atoms with Crippen molar-refractivity contribution >= 4 is 35.0 Å². The van der Waals surface area contributed by atoms with Gasteiger partial charge >= 0.3 is 0 Å². The molecule has 2 aromatic rings. The van der Waals surface area contributed by atoms with Crippen LogP contribution in [0.25, 0.3) is 0 Å². The summed E-state index contributed by atoms with van der Waals surface area (Å²) in [4.78, 5) is 27.7. The topological polar surface area (TPSA) is 49.4 Å². The number of carbonyl (C=O) groups is 2. The number of rotatable bonds is 9. The minimum atomic E-state index is -0.640. The van der Waals surface area contributed by atoms with Crippen molar-refractivity contribution in [2.24, 2.45) is 0 Å². The summed E-state index contributed by atoms with van der Waals surface area (Å²) in [5, 5.41) is 3.74. The van der Waals surface area contributed by atoms with Gasteiger partial charge in [0.05, 0.1) is 16.5 Å². The lowest BCUT2D eigenvalue weighted by atomic mass is 10.1. The minimum absolute atomic E-state index is 0.00407. The molecule has 4 nitrogen and oxygen atoms in total. The van der Waals surface area contributed by atoms with Gasteiger partial charge in [-0.1, -0.05) is 55.2 Å². The molecule has 0 aliphatic carbocycles. The molecule has 2 amide bonds. The van der Waals surface area contributed by atoms with Crippen LogP contribution in [0.15, 0.2) is 42.5 Å². The number of hydrogen-bond donors (Lipinski definition) is 1. The van der Waals surface area contributed by atoms with E-state index in [1.807, 2.05) is 20.8 Å². The van der Waals surface area contributed by atoms with Gasteiger partial charge in [-0.25, -0.2) is 4.39 Å². The monoisotopic (exact) mass is 452 g/mol. The summed E-state index contributed by atoms with van der Waals surface area (Å²) < 4.78 is 13.3. The van der Waals surface area contributed by atoms with E-state index in [1.54, 1.807) is 35.2 Å². The van der Waals surface area contributed by atoms with Crippen LogP contribution in [0.4, 0.5) is 4.39 Å². The van der Waals surface area contributed by atoms with Gasteiger partial charge in [0.15, 0.2) is 0 Å². The van der Waals surface area contributed by atoms with Gasteiger partial charge in [0.2, 0.25) is 11.8 Å². The number of amides is 2. The maximum atomic E-state index is 13.3. The van der Waals surface area contributed by atoms with Crippen LogP contribution in [0, 0.1) is 5.82 Å². The fourth-order valence-electron chi connectivity index (χ4n) is 3.07. The Labute approximate surface area is 187 Å². The maximum Gasteiger partial charge on any atom is 0.243 e. The second kappa shape index (κ2) is 11.3. The number of nitrogens with one attached hydrogen (secondary N) is 1. The second-order valence-corrected chi connectivity index (χ2v) is 8.13. The van der Waals surface area contributed by atoms with Crippen molar-refractivity contribution in [1.29, 1.82) is 0 Å². The fraction of sp³-hybridized carbons (Fsp3) is 0.391. The minimum Gasteiger partial charge on any atom is -0.352 e. The van der Waals surface area contributed by atoms with Gasteiger partial charge in [0.1, 0.15) is 11.9 Å². The molecule has 0 bridgehead atoms. The standard InChI is InChI=1S/C23H27Cl2FN2O2/c1-4-15(3)27-23(30)21(5-2)28(14-16-6-9-18(26)10-7-16)22(29)13-17-8-11-19(24)20(25)12-17/h6-12,15,21H,4-5,13-14H2,1-3H3,(H,27,30)/t15-,21-/m0/s1. The van der Waals surface area contributed by atoms with Crippen molar-refractivity contribution in [3.05, 3.63) is 69.5 Å². The van der Waals surface area contributed by atoms with Crippen LogP contribution >= 0.6 is 23.2 Å². The first-order chi connectivity index (χ1) is 14.2. The largest absolute Gasteiger partial charge is 0.352 e. The molecule has 0 aliphatic heterocycles. The van der Waals surface area contributed by atoms with Crippen LogP contribution in [0.5, 0.6) is 0 Å². The zero-order valence-electron chi connectivity index (χ0n) is 17.4. The summed E-state index contributed by atoms with van der Waals surface area (Å²) in [5.74, 6) is -0.769. The molecule has 2 atom stereocenters. The zero-order valence-corrected chi connectivity index (χ0v) is 18.9. The highest BCUT2D eigenvalue weighted by molar-refractivity contribution is 6.42. The molecule has 7 heteroatoms. The number of nitrogens with zero attached hydrogens (tertiary/aromatic N) is 1. The van der Waals surface area contributed by atoms with E-state index in [-0.39, 0.29) is 36.6 Å². The van der Waals surface area contributed by atoms with Crippen LogP contribution in [0.3, 0.4) is 0 Å². The molecule has 1 N–H and O–H groups in total. The van der Waals surface area contributed by atoms with Gasteiger partial charge in [-0.2, -0.15) is 0 Å². The fourth-order valence-corrected chi connectivity index (χ4v) is 3.39. The van der Waals surface area contributed by atoms with E-state index >= 15 is 0 Å². The molecule has 2 aromatic carbocycles. The van der Waals surface area contributed by atoms with Gasteiger partial charge in [0.25, 0.3) is 0 Å². The van der Waals surface area contributed by atoms with Crippen molar-refractivity contribution in [2.45, 2.75) is 58.7 Å². The highest BCUT2D eigenvalue weighted by Gasteiger charge is 2.29. The molecular formula is C23H27Cl2FN2O2. The maximum absolute atomic E-state index is 13.3. The lowest BCUT2D eigenvalue weighted by Crippen LogP contribution is -2.51. The van der Waals surface area contributed by atoms with E-state index < -0.39 is 6.04 Å².